The van der Waals surface area contributed by atoms with Crippen LogP contribution in [-0.4, -0.2) is 48.8 Å². The van der Waals surface area contributed by atoms with E-state index in [0.29, 0.717) is 25.8 Å². The summed E-state index contributed by atoms with van der Waals surface area (Å²) >= 11 is 0. The molecule has 33 heavy (non-hydrogen) atoms. The molecule has 1 rings (SSSR count). The zero-order valence-corrected chi connectivity index (χ0v) is 19.9. The van der Waals surface area contributed by atoms with E-state index in [1.165, 1.54) is 0 Å². The molecule has 1 aromatic carbocycles. The highest BCUT2D eigenvalue weighted by Crippen LogP contribution is 2.18. The number of benzene rings is 1. The van der Waals surface area contributed by atoms with Crippen LogP contribution in [0.15, 0.2) is 30.3 Å². The molecular formula is C24H39N5O4. The second-order valence-corrected chi connectivity index (χ2v) is 8.79. The summed E-state index contributed by atoms with van der Waals surface area (Å²) in [7, 11) is 0. The van der Waals surface area contributed by atoms with Gasteiger partial charge in [-0.2, -0.15) is 0 Å². The molecule has 1 aromatic rings. The highest BCUT2D eigenvalue weighted by molar-refractivity contribution is 5.92. The Balaban J connectivity index is 2.65. The van der Waals surface area contributed by atoms with Gasteiger partial charge in [-0.05, 0) is 49.6 Å². The van der Waals surface area contributed by atoms with Crippen molar-refractivity contribution in [1.29, 1.82) is 0 Å². The number of carbonyl (C=O) groups excluding carboxylic acids is 4. The molecule has 0 aliphatic carbocycles. The molecule has 0 fully saturated rings. The van der Waals surface area contributed by atoms with Crippen LogP contribution in [0, 0.1) is 5.92 Å². The van der Waals surface area contributed by atoms with Crippen LogP contribution < -0.4 is 27.4 Å². The summed E-state index contributed by atoms with van der Waals surface area (Å²) in [6, 6.07) is 8.10. The van der Waals surface area contributed by atoms with Crippen LogP contribution in [0.2, 0.25) is 0 Å². The second kappa shape index (κ2) is 15.0. The lowest BCUT2D eigenvalue weighted by Gasteiger charge is -2.21. The minimum absolute atomic E-state index is 0.00331. The van der Waals surface area contributed by atoms with Gasteiger partial charge in [0, 0.05) is 6.42 Å². The first-order valence-electron chi connectivity index (χ1n) is 11.5. The number of nitrogens with one attached hydrogen (secondary N) is 3. The Hall–Kier alpha value is -2.94. The fourth-order valence-electron chi connectivity index (χ4n) is 3.45. The average molecular weight is 462 g/mol. The standard InChI is InChI=1S/C24H39N5O4/c1-16(2)13-20(23(26)32)29-22(31)15-27-24(33)19(11-7-8-12-25)28-21(30)14-17(3)18-9-5-4-6-10-18/h4-6,9-10,16-17,19-20H,7-8,11-15,25H2,1-3H3,(H2,26,32)(H,27,33)(H,28,30)(H,29,31)/t17-,19-,20-/m0/s1. The summed E-state index contributed by atoms with van der Waals surface area (Å²) in [5, 5.41) is 7.88. The lowest BCUT2D eigenvalue weighted by Crippen LogP contribution is -2.51. The van der Waals surface area contributed by atoms with Gasteiger partial charge in [0.05, 0.1) is 6.54 Å². The minimum atomic E-state index is -0.797. The number of hydrogen-bond donors (Lipinski definition) is 5. The Morgan fingerprint density at radius 3 is 2.12 bits per heavy atom. The Morgan fingerprint density at radius 2 is 1.55 bits per heavy atom. The van der Waals surface area contributed by atoms with E-state index >= 15 is 0 Å². The van der Waals surface area contributed by atoms with Crippen molar-refractivity contribution in [1.82, 2.24) is 16.0 Å². The van der Waals surface area contributed by atoms with Gasteiger partial charge >= 0.3 is 0 Å². The maximum Gasteiger partial charge on any atom is 0.243 e. The predicted octanol–water partition coefficient (Wildman–Crippen LogP) is 0.926. The summed E-state index contributed by atoms with van der Waals surface area (Å²) in [5.74, 6) is -1.67. The number of rotatable bonds is 15. The zero-order valence-electron chi connectivity index (χ0n) is 19.9. The van der Waals surface area contributed by atoms with Crippen LogP contribution in [0.1, 0.15) is 64.4 Å². The Bertz CT molecular complexity index is 769. The predicted molar refractivity (Wildman–Crippen MR) is 128 cm³/mol. The largest absolute Gasteiger partial charge is 0.368 e. The molecule has 0 saturated heterocycles. The van der Waals surface area contributed by atoms with Crippen molar-refractivity contribution in [3.05, 3.63) is 35.9 Å². The van der Waals surface area contributed by atoms with Gasteiger partial charge in [0.25, 0.3) is 0 Å². The maximum atomic E-state index is 12.7. The normalized spacial score (nSPS) is 13.6. The molecule has 0 aromatic heterocycles. The number of unbranched alkanes of at least 4 members (excludes halogenated alkanes) is 1. The molecule has 0 radical (unpaired) electrons. The van der Waals surface area contributed by atoms with E-state index in [4.69, 9.17) is 11.5 Å². The number of amides is 4. The molecule has 9 heteroatoms. The number of nitrogens with two attached hydrogens (primary N) is 2. The Kier molecular flexibility index (Phi) is 12.8. The van der Waals surface area contributed by atoms with E-state index in [1.807, 2.05) is 51.1 Å². The molecule has 0 saturated carbocycles. The third-order valence-corrected chi connectivity index (χ3v) is 5.27. The van der Waals surface area contributed by atoms with E-state index in [9.17, 15) is 19.2 Å². The minimum Gasteiger partial charge on any atom is -0.368 e. The monoisotopic (exact) mass is 461 g/mol. The molecule has 0 spiro atoms. The maximum absolute atomic E-state index is 12.7. The van der Waals surface area contributed by atoms with Crippen molar-refractivity contribution in [2.24, 2.45) is 17.4 Å². The van der Waals surface area contributed by atoms with Gasteiger partial charge < -0.3 is 27.4 Å². The van der Waals surface area contributed by atoms with Crippen LogP contribution in [0.4, 0.5) is 0 Å². The summed E-state index contributed by atoms with van der Waals surface area (Å²) < 4.78 is 0. The average Bonchev–Trinajstić information content (AvgIpc) is 2.76. The third kappa shape index (κ3) is 11.5. The topological polar surface area (TPSA) is 156 Å². The summed E-state index contributed by atoms with van der Waals surface area (Å²) in [5.41, 5.74) is 11.9. The van der Waals surface area contributed by atoms with Gasteiger partial charge in [-0.15, -0.1) is 0 Å². The fourth-order valence-corrected chi connectivity index (χ4v) is 3.45. The van der Waals surface area contributed by atoms with Gasteiger partial charge in [0.2, 0.25) is 23.6 Å². The Morgan fingerprint density at radius 1 is 0.909 bits per heavy atom. The molecule has 184 valence electrons. The Labute approximate surface area is 196 Å². The summed E-state index contributed by atoms with van der Waals surface area (Å²) in [6.07, 6.45) is 2.43. The van der Waals surface area contributed by atoms with Crippen LogP contribution in [0.5, 0.6) is 0 Å². The van der Waals surface area contributed by atoms with Gasteiger partial charge in [0.15, 0.2) is 0 Å². The summed E-state index contributed by atoms with van der Waals surface area (Å²) in [4.78, 5) is 49.0. The van der Waals surface area contributed by atoms with Gasteiger partial charge in [0.1, 0.15) is 12.1 Å². The van der Waals surface area contributed by atoms with Crippen LogP contribution in [0.3, 0.4) is 0 Å². The van der Waals surface area contributed by atoms with E-state index in [-0.39, 0.29) is 30.7 Å². The first kappa shape index (κ1) is 28.1. The van der Waals surface area contributed by atoms with E-state index < -0.39 is 29.8 Å². The van der Waals surface area contributed by atoms with Gasteiger partial charge in [-0.25, -0.2) is 0 Å². The molecular weight excluding hydrogens is 422 g/mol. The lowest BCUT2D eigenvalue weighted by atomic mass is 9.97. The van der Waals surface area contributed by atoms with E-state index in [1.54, 1.807) is 0 Å². The second-order valence-electron chi connectivity index (χ2n) is 8.79. The molecule has 7 N–H and O–H groups in total. The molecule has 0 aliphatic rings. The van der Waals surface area contributed by atoms with Gasteiger partial charge in [-0.1, -0.05) is 51.1 Å². The molecule has 0 heterocycles. The molecule has 0 aliphatic heterocycles. The SMILES string of the molecule is CC(C)C[C@H](NC(=O)CNC(=O)[C@H](CCCCN)NC(=O)C[C@H](C)c1ccccc1)C(N)=O. The number of primary amides is 1. The van der Waals surface area contributed by atoms with Crippen LogP contribution >= 0.6 is 0 Å². The number of carbonyl (C=O) groups is 4. The first-order valence-corrected chi connectivity index (χ1v) is 11.5. The van der Waals surface area contributed by atoms with Crippen molar-refractivity contribution >= 4 is 23.6 Å². The quantitative estimate of drug-likeness (QED) is 0.246. The first-order chi connectivity index (χ1) is 15.6. The smallest absolute Gasteiger partial charge is 0.243 e. The van der Waals surface area contributed by atoms with Crippen molar-refractivity contribution in [2.45, 2.75) is 70.9 Å². The highest BCUT2D eigenvalue weighted by atomic mass is 16.2. The van der Waals surface area contributed by atoms with Crippen molar-refractivity contribution in [3.63, 3.8) is 0 Å². The van der Waals surface area contributed by atoms with Crippen molar-refractivity contribution in [2.75, 3.05) is 13.1 Å². The van der Waals surface area contributed by atoms with Gasteiger partial charge in [-0.3, -0.25) is 19.2 Å². The lowest BCUT2D eigenvalue weighted by molar-refractivity contribution is -0.131. The van der Waals surface area contributed by atoms with Crippen LogP contribution in [-0.2, 0) is 19.2 Å². The molecule has 4 amide bonds. The molecule has 9 nitrogen and oxygen atoms in total. The molecule has 0 unspecified atom stereocenters. The fraction of sp³-hybridized carbons (Fsp3) is 0.583. The third-order valence-electron chi connectivity index (χ3n) is 5.27. The van der Waals surface area contributed by atoms with Crippen molar-refractivity contribution in [3.8, 4) is 0 Å². The molecule has 0 bridgehead atoms. The van der Waals surface area contributed by atoms with E-state index in [2.05, 4.69) is 16.0 Å². The zero-order chi connectivity index (χ0) is 24.8. The van der Waals surface area contributed by atoms with E-state index in [0.717, 1.165) is 12.0 Å². The summed E-state index contributed by atoms with van der Waals surface area (Å²) in [6.45, 7) is 5.95. The van der Waals surface area contributed by atoms with Crippen molar-refractivity contribution < 1.29 is 19.2 Å². The molecule has 3 atom stereocenters. The highest BCUT2D eigenvalue weighted by Gasteiger charge is 2.23. The number of hydrogen-bond acceptors (Lipinski definition) is 5. The van der Waals surface area contributed by atoms with Crippen LogP contribution in [0.25, 0.3) is 0 Å².